The van der Waals surface area contributed by atoms with Gasteiger partial charge in [0.2, 0.25) is 0 Å². The maximum atomic E-state index is 12.3. The van der Waals surface area contributed by atoms with Crippen LogP contribution in [0.5, 0.6) is 0 Å². The number of aromatic nitrogens is 2. The predicted octanol–water partition coefficient (Wildman–Crippen LogP) is 0.0912. The second-order valence-corrected chi connectivity index (χ2v) is 4.74. The number of amides is 1. The Morgan fingerprint density at radius 1 is 1.61 bits per heavy atom. The third-order valence-electron chi connectivity index (χ3n) is 3.11. The third-order valence-corrected chi connectivity index (χ3v) is 3.11. The molecule has 0 aliphatic carbocycles. The molecule has 1 fully saturated rings. The van der Waals surface area contributed by atoms with Crippen LogP contribution in [0, 0.1) is 0 Å². The highest BCUT2D eigenvalue weighted by atomic mass is 16.5. The first-order valence-corrected chi connectivity index (χ1v) is 6.26. The van der Waals surface area contributed by atoms with Crippen molar-refractivity contribution in [3.63, 3.8) is 0 Å². The average molecular weight is 252 g/mol. The van der Waals surface area contributed by atoms with E-state index in [2.05, 4.69) is 4.98 Å². The molecule has 1 amide bonds. The van der Waals surface area contributed by atoms with Gasteiger partial charge >= 0.3 is 0 Å². The standard InChI is InChI=1S/C12H20N4O2/c1-9-7-18-10(2)5-16(9)12(17)11-6-15(4-3-13)8-14-11/h6,8-10H,3-5,7,13H2,1-2H3. The van der Waals surface area contributed by atoms with E-state index in [4.69, 9.17) is 10.5 Å². The fourth-order valence-electron chi connectivity index (χ4n) is 2.08. The second kappa shape index (κ2) is 5.49. The molecule has 6 nitrogen and oxygen atoms in total. The normalized spacial score (nSPS) is 24.3. The van der Waals surface area contributed by atoms with Gasteiger partial charge in [0.25, 0.3) is 5.91 Å². The number of ether oxygens (including phenoxy) is 1. The second-order valence-electron chi connectivity index (χ2n) is 4.74. The fourth-order valence-corrected chi connectivity index (χ4v) is 2.08. The Bertz CT molecular complexity index is 418. The van der Waals surface area contributed by atoms with E-state index in [0.29, 0.717) is 31.9 Å². The molecule has 0 bridgehead atoms. The van der Waals surface area contributed by atoms with E-state index in [-0.39, 0.29) is 18.1 Å². The van der Waals surface area contributed by atoms with Crippen LogP contribution in [0.2, 0.25) is 0 Å². The largest absolute Gasteiger partial charge is 0.375 e. The molecule has 18 heavy (non-hydrogen) atoms. The molecular weight excluding hydrogens is 232 g/mol. The van der Waals surface area contributed by atoms with Gasteiger partial charge in [-0.05, 0) is 13.8 Å². The van der Waals surface area contributed by atoms with E-state index in [1.54, 1.807) is 12.5 Å². The van der Waals surface area contributed by atoms with Crippen molar-refractivity contribution in [1.29, 1.82) is 0 Å². The average Bonchev–Trinajstić information content (AvgIpc) is 2.80. The first-order chi connectivity index (χ1) is 8.61. The molecule has 1 aliphatic heterocycles. The summed E-state index contributed by atoms with van der Waals surface area (Å²) in [6.07, 6.45) is 3.48. The van der Waals surface area contributed by atoms with Gasteiger partial charge in [-0.2, -0.15) is 0 Å². The lowest BCUT2D eigenvalue weighted by molar-refractivity contribution is -0.0388. The lowest BCUT2D eigenvalue weighted by Gasteiger charge is -2.36. The SMILES string of the molecule is CC1CN(C(=O)c2cn(CCN)cn2)C(C)CO1. The van der Waals surface area contributed by atoms with Crippen LogP contribution in [-0.4, -0.2) is 52.2 Å². The molecule has 0 aromatic carbocycles. The van der Waals surface area contributed by atoms with Crippen molar-refractivity contribution in [3.05, 3.63) is 18.2 Å². The lowest BCUT2D eigenvalue weighted by atomic mass is 10.2. The Labute approximate surface area is 107 Å². The Morgan fingerprint density at radius 2 is 2.39 bits per heavy atom. The first-order valence-electron chi connectivity index (χ1n) is 6.26. The zero-order valence-electron chi connectivity index (χ0n) is 10.9. The number of nitrogens with two attached hydrogens (primary N) is 1. The number of imidazole rings is 1. The Kier molecular flexibility index (Phi) is 3.98. The first kappa shape index (κ1) is 13.0. The molecule has 2 heterocycles. The highest BCUT2D eigenvalue weighted by Gasteiger charge is 2.29. The van der Waals surface area contributed by atoms with E-state index >= 15 is 0 Å². The molecular formula is C12H20N4O2. The summed E-state index contributed by atoms with van der Waals surface area (Å²) < 4.78 is 7.35. The molecule has 0 radical (unpaired) electrons. The third kappa shape index (κ3) is 2.70. The fraction of sp³-hybridized carbons (Fsp3) is 0.667. The monoisotopic (exact) mass is 252 g/mol. The molecule has 1 aromatic rings. The molecule has 2 unspecified atom stereocenters. The van der Waals surface area contributed by atoms with Gasteiger partial charge in [0.1, 0.15) is 5.69 Å². The zero-order valence-corrected chi connectivity index (χ0v) is 10.9. The van der Waals surface area contributed by atoms with Gasteiger partial charge in [-0.3, -0.25) is 4.79 Å². The van der Waals surface area contributed by atoms with Gasteiger partial charge in [-0.1, -0.05) is 0 Å². The molecule has 2 N–H and O–H groups in total. The molecule has 1 aliphatic rings. The molecule has 1 saturated heterocycles. The zero-order chi connectivity index (χ0) is 13.1. The van der Waals surface area contributed by atoms with Gasteiger partial charge in [-0.15, -0.1) is 0 Å². The van der Waals surface area contributed by atoms with Crippen LogP contribution in [-0.2, 0) is 11.3 Å². The molecule has 6 heteroatoms. The number of nitrogens with zero attached hydrogens (tertiary/aromatic N) is 3. The maximum Gasteiger partial charge on any atom is 0.274 e. The Morgan fingerprint density at radius 3 is 3.11 bits per heavy atom. The molecule has 2 rings (SSSR count). The van der Waals surface area contributed by atoms with Gasteiger partial charge < -0.3 is 19.9 Å². The summed E-state index contributed by atoms with van der Waals surface area (Å²) in [5, 5.41) is 0. The van der Waals surface area contributed by atoms with Crippen molar-refractivity contribution >= 4 is 5.91 Å². The van der Waals surface area contributed by atoms with Crippen LogP contribution in [0.3, 0.4) is 0 Å². The molecule has 0 saturated carbocycles. The number of carbonyl (C=O) groups excluding carboxylic acids is 1. The molecule has 2 atom stereocenters. The number of rotatable bonds is 3. The predicted molar refractivity (Wildman–Crippen MR) is 67.2 cm³/mol. The van der Waals surface area contributed by atoms with Crippen molar-refractivity contribution < 1.29 is 9.53 Å². The van der Waals surface area contributed by atoms with Crippen LogP contribution in [0.4, 0.5) is 0 Å². The Hall–Kier alpha value is -1.40. The molecule has 100 valence electrons. The van der Waals surface area contributed by atoms with Gasteiger partial charge in [-0.25, -0.2) is 4.98 Å². The highest BCUT2D eigenvalue weighted by Crippen LogP contribution is 2.14. The number of carbonyl (C=O) groups is 1. The van der Waals surface area contributed by atoms with Crippen molar-refractivity contribution in [2.45, 2.75) is 32.5 Å². The molecule has 1 aromatic heterocycles. The minimum absolute atomic E-state index is 0.0339. The van der Waals surface area contributed by atoms with Crippen LogP contribution in [0.1, 0.15) is 24.3 Å². The number of hydrogen-bond donors (Lipinski definition) is 1. The van der Waals surface area contributed by atoms with Crippen molar-refractivity contribution in [3.8, 4) is 0 Å². The Balaban J connectivity index is 2.09. The summed E-state index contributed by atoms with van der Waals surface area (Å²) in [4.78, 5) is 18.3. The summed E-state index contributed by atoms with van der Waals surface area (Å²) in [6.45, 7) is 6.37. The van der Waals surface area contributed by atoms with E-state index in [0.717, 1.165) is 0 Å². The summed E-state index contributed by atoms with van der Waals surface area (Å²) >= 11 is 0. The smallest absolute Gasteiger partial charge is 0.274 e. The summed E-state index contributed by atoms with van der Waals surface area (Å²) in [5.41, 5.74) is 5.94. The van der Waals surface area contributed by atoms with E-state index in [1.807, 2.05) is 23.3 Å². The molecule has 0 spiro atoms. The lowest BCUT2D eigenvalue weighted by Crippen LogP contribution is -2.50. The highest BCUT2D eigenvalue weighted by molar-refractivity contribution is 5.92. The maximum absolute atomic E-state index is 12.3. The quantitative estimate of drug-likeness (QED) is 0.827. The van der Waals surface area contributed by atoms with Crippen molar-refractivity contribution in [1.82, 2.24) is 14.5 Å². The van der Waals surface area contributed by atoms with Gasteiger partial charge in [0.15, 0.2) is 0 Å². The van der Waals surface area contributed by atoms with Gasteiger partial charge in [0, 0.05) is 25.8 Å². The van der Waals surface area contributed by atoms with Crippen molar-refractivity contribution in [2.24, 2.45) is 5.73 Å². The number of morpholine rings is 1. The number of hydrogen-bond acceptors (Lipinski definition) is 4. The summed E-state index contributed by atoms with van der Waals surface area (Å²) in [6, 6.07) is 0.0911. The summed E-state index contributed by atoms with van der Waals surface area (Å²) in [7, 11) is 0. The van der Waals surface area contributed by atoms with E-state index in [9.17, 15) is 4.79 Å². The van der Waals surface area contributed by atoms with Crippen LogP contribution < -0.4 is 5.73 Å². The summed E-state index contributed by atoms with van der Waals surface area (Å²) in [5.74, 6) is -0.0339. The van der Waals surface area contributed by atoms with Crippen LogP contribution >= 0.6 is 0 Å². The van der Waals surface area contributed by atoms with E-state index in [1.165, 1.54) is 0 Å². The topological polar surface area (TPSA) is 73.4 Å². The van der Waals surface area contributed by atoms with Crippen molar-refractivity contribution in [2.75, 3.05) is 19.7 Å². The van der Waals surface area contributed by atoms with Crippen LogP contribution in [0.25, 0.3) is 0 Å². The van der Waals surface area contributed by atoms with Gasteiger partial charge in [0.05, 0.1) is 25.1 Å². The van der Waals surface area contributed by atoms with Crippen LogP contribution in [0.15, 0.2) is 12.5 Å². The van der Waals surface area contributed by atoms with E-state index < -0.39 is 0 Å². The minimum atomic E-state index is -0.0339. The minimum Gasteiger partial charge on any atom is -0.375 e.